The molecule has 3 N–H and O–H groups in total. The van der Waals surface area contributed by atoms with Crippen molar-refractivity contribution in [3.63, 3.8) is 0 Å². The highest BCUT2D eigenvalue weighted by Crippen LogP contribution is 2.23. The number of hydrogen-bond acceptors (Lipinski definition) is 8. The van der Waals surface area contributed by atoms with Gasteiger partial charge in [0, 0.05) is 17.8 Å². The number of thioether (sulfide) groups is 1. The van der Waals surface area contributed by atoms with E-state index < -0.39 is 6.04 Å². The van der Waals surface area contributed by atoms with Crippen LogP contribution in [-0.2, 0) is 14.3 Å². The fourth-order valence-corrected chi connectivity index (χ4v) is 5.70. The Morgan fingerprint density at radius 3 is 2.77 bits per heavy atom. The number of para-hydroxylation sites is 2. The summed E-state index contributed by atoms with van der Waals surface area (Å²) >= 11 is 1.59. The molecule has 43 heavy (non-hydrogen) atoms. The number of amides is 1. The van der Waals surface area contributed by atoms with Gasteiger partial charge in [0.25, 0.3) is 5.56 Å². The van der Waals surface area contributed by atoms with E-state index >= 15 is 0 Å². The third kappa shape index (κ3) is 9.05. The second kappa shape index (κ2) is 15.5. The summed E-state index contributed by atoms with van der Waals surface area (Å²) in [6.45, 7) is 7.24. The molecule has 2 atom stereocenters. The second-order valence-corrected chi connectivity index (χ2v) is 12.2. The summed E-state index contributed by atoms with van der Waals surface area (Å²) in [4.78, 5) is 46.2. The van der Waals surface area contributed by atoms with Gasteiger partial charge in [-0.1, -0.05) is 75.0 Å². The molecule has 0 radical (unpaired) electrons. The van der Waals surface area contributed by atoms with E-state index in [-0.39, 0.29) is 29.5 Å². The Morgan fingerprint density at radius 1 is 1.19 bits per heavy atom. The Balaban J connectivity index is 0.000000996. The molecule has 3 heterocycles. The first-order valence-electron chi connectivity index (χ1n) is 14.7. The minimum Gasteiger partial charge on any atom is -0.467 e. The molecule has 0 spiro atoms. The average molecular weight is 604 g/mol. The van der Waals surface area contributed by atoms with Crippen LogP contribution in [0.3, 0.4) is 0 Å². The molecule has 228 valence electrons. The minimum absolute atomic E-state index is 0.0867. The van der Waals surface area contributed by atoms with Crippen LogP contribution in [0.5, 0.6) is 0 Å². The summed E-state index contributed by atoms with van der Waals surface area (Å²) in [5.41, 5.74) is 4.45. The van der Waals surface area contributed by atoms with Gasteiger partial charge in [-0.25, -0.2) is 9.78 Å². The second-order valence-electron chi connectivity index (χ2n) is 11.2. The first-order valence-corrected chi connectivity index (χ1v) is 15.7. The summed E-state index contributed by atoms with van der Waals surface area (Å²) < 4.78 is 4.83. The van der Waals surface area contributed by atoms with Crippen LogP contribution in [0.25, 0.3) is 28.4 Å². The average Bonchev–Trinajstić information content (AvgIpc) is 3.67. The van der Waals surface area contributed by atoms with Crippen molar-refractivity contribution in [2.75, 3.05) is 20.2 Å². The van der Waals surface area contributed by atoms with E-state index in [0.29, 0.717) is 18.7 Å². The highest BCUT2D eigenvalue weighted by Gasteiger charge is 2.34. The number of allylic oxidation sites excluding steroid dienone is 2. The number of likely N-dealkylation sites (tertiary alicyclic amines) is 1. The molecule has 0 bridgehead atoms. The molecule has 0 saturated carbocycles. The van der Waals surface area contributed by atoms with E-state index in [1.807, 2.05) is 54.6 Å². The summed E-state index contributed by atoms with van der Waals surface area (Å²) in [6.07, 6.45) is 7.27. The molecule has 9 nitrogen and oxygen atoms in total. The molecule has 2 unspecified atom stereocenters. The molecule has 5 rings (SSSR count). The van der Waals surface area contributed by atoms with E-state index in [4.69, 9.17) is 4.74 Å². The number of nitrogens with zero attached hydrogens (tertiary/aromatic N) is 2. The maximum atomic E-state index is 12.6. The monoisotopic (exact) mass is 603 g/mol. The zero-order valence-corrected chi connectivity index (χ0v) is 26.1. The lowest BCUT2D eigenvalue weighted by Gasteiger charge is -2.24. The highest BCUT2D eigenvalue weighted by molar-refractivity contribution is 8.02. The van der Waals surface area contributed by atoms with Crippen LogP contribution in [0.2, 0.25) is 0 Å². The standard InChI is InChI=1S/C29H31N5O4S.C4H10/c1-38-28(37)24-14-7-15-34(24)25(35)17-30-29-31-21(18-39-29)11-3-2-8-19-9-6-10-20(16-19)26-27(36)33-23-13-5-4-12-22(23)32-26;1-4(2)3/h2,4-6,8-10,12-13,16,18,24,29-31H,3,7,11,14-15,17H2,1H3,(H,33,36);4H,1-3H3/b8-2+;. The minimum atomic E-state index is -0.473. The van der Waals surface area contributed by atoms with Crippen molar-refractivity contribution in [1.29, 1.82) is 0 Å². The summed E-state index contributed by atoms with van der Waals surface area (Å²) in [5, 5.41) is 8.70. The number of benzene rings is 2. The first kappa shape index (κ1) is 32.0. The zero-order chi connectivity index (χ0) is 30.8. The molecular weight excluding hydrogens is 562 g/mol. The van der Waals surface area contributed by atoms with Gasteiger partial charge < -0.3 is 19.9 Å². The van der Waals surface area contributed by atoms with Gasteiger partial charge in [-0.3, -0.25) is 14.9 Å². The quantitative estimate of drug-likeness (QED) is 0.284. The van der Waals surface area contributed by atoms with E-state index in [1.165, 1.54) is 7.11 Å². The molecule has 1 fully saturated rings. The number of esters is 1. The third-order valence-electron chi connectivity index (χ3n) is 6.80. The van der Waals surface area contributed by atoms with E-state index in [0.717, 1.165) is 53.0 Å². The van der Waals surface area contributed by atoms with E-state index in [2.05, 4.69) is 52.9 Å². The van der Waals surface area contributed by atoms with Gasteiger partial charge in [0.15, 0.2) is 0 Å². The van der Waals surface area contributed by atoms with Crippen molar-refractivity contribution < 1.29 is 14.3 Å². The number of aromatic nitrogens is 2. The molecule has 2 aliphatic rings. The number of H-pyrrole nitrogens is 1. The Bertz CT molecular complexity index is 1530. The van der Waals surface area contributed by atoms with Gasteiger partial charge in [0.2, 0.25) is 5.91 Å². The largest absolute Gasteiger partial charge is 0.467 e. The van der Waals surface area contributed by atoms with Crippen molar-refractivity contribution in [1.82, 2.24) is 25.5 Å². The maximum absolute atomic E-state index is 12.6. The number of aromatic amines is 1. The van der Waals surface area contributed by atoms with Gasteiger partial charge in [0.05, 0.1) is 24.7 Å². The summed E-state index contributed by atoms with van der Waals surface area (Å²) in [6, 6.07) is 14.8. The van der Waals surface area contributed by atoms with Crippen LogP contribution in [0.1, 0.15) is 52.0 Å². The summed E-state index contributed by atoms with van der Waals surface area (Å²) in [7, 11) is 1.35. The topological polar surface area (TPSA) is 116 Å². The number of methoxy groups -OCH3 is 1. The number of hydrogen-bond donors (Lipinski definition) is 3. The fourth-order valence-electron chi connectivity index (χ4n) is 4.82. The van der Waals surface area contributed by atoms with Crippen molar-refractivity contribution in [2.24, 2.45) is 5.92 Å². The number of ether oxygens (including phenoxy) is 1. The molecule has 1 aromatic heterocycles. The third-order valence-corrected chi connectivity index (χ3v) is 7.78. The van der Waals surface area contributed by atoms with Crippen molar-refractivity contribution in [3.8, 4) is 11.3 Å². The van der Waals surface area contributed by atoms with Gasteiger partial charge in [-0.2, -0.15) is 0 Å². The molecule has 0 aliphatic carbocycles. The Morgan fingerprint density at radius 2 is 1.98 bits per heavy atom. The van der Waals surface area contributed by atoms with Crippen LogP contribution in [0, 0.1) is 5.92 Å². The lowest BCUT2D eigenvalue weighted by atomic mass is 10.1. The number of carbonyl (C=O) groups is 2. The number of nitrogens with one attached hydrogen (secondary N) is 3. The van der Waals surface area contributed by atoms with Crippen LogP contribution in [0.4, 0.5) is 0 Å². The highest BCUT2D eigenvalue weighted by atomic mass is 32.2. The Hall–Kier alpha value is -3.89. The molecular formula is C33H41N5O4S. The predicted octanol–water partition coefficient (Wildman–Crippen LogP) is 5.26. The van der Waals surface area contributed by atoms with Gasteiger partial charge in [-0.15, -0.1) is 0 Å². The molecule has 2 aromatic carbocycles. The fraction of sp³-hybridized carbons (Fsp3) is 0.394. The maximum Gasteiger partial charge on any atom is 0.328 e. The predicted molar refractivity (Wildman–Crippen MR) is 174 cm³/mol. The van der Waals surface area contributed by atoms with Crippen molar-refractivity contribution >= 4 is 40.7 Å². The van der Waals surface area contributed by atoms with Crippen molar-refractivity contribution in [3.05, 3.63) is 81.6 Å². The molecule has 2 aliphatic heterocycles. The van der Waals surface area contributed by atoms with Gasteiger partial charge in [0.1, 0.15) is 17.2 Å². The van der Waals surface area contributed by atoms with Crippen molar-refractivity contribution in [2.45, 2.75) is 58.0 Å². The SMILES string of the molecule is CC(C)C.COC(=O)C1CCCN1C(=O)CNC1NC(CC/C=C/c2cccc(-c3nc4ccccc4[nH]c3=O)c2)=CS1. The number of fused-ring (bicyclic) bond motifs is 1. The van der Waals surface area contributed by atoms with Crippen LogP contribution < -0.4 is 16.2 Å². The normalized spacial score (nSPS) is 18.0. The van der Waals surface area contributed by atoms with E-state index in [9.17, 15) is 14.4 Å². The lowest BCUT2D eigenvalue weighted by Crippen LogP contribution is -2.47. The molecule has 3 aromatic rings. The van der Waals surface area contributed by atoms with Gasteiger partial charge in [-0.05, 0) is 60.8 Å². The number of rotatable bonds is 9. The molecule has 1 saturated heterocycles. The lowest BCUT2D eigenvalue weighted by molar-refractivity contribution is -0.150. The zero-order valence-electron chi connectivity index (χ0n) is 25.3. The van der Waals surface area contributed by atoms with Crippen LogP contribution >= 0.6 is 11.8 Å². The number of carbonyl (C=O) groups excluding carboxylic acids is 2. The van der Waals surface area contributed by atoms with Crippen LogP contribution in [0.15, 0.2) is 70.5 Å². The van der Waals surface area contributed by atoms with Gasteiger partial charge >= 0.3 is 5.97 Å². The first-order chi connectivity index (χ1) is 20.7. The molecule has 10 heteroatoms. The Kier molecular flexibility index (Phi) is 11.6. The van der Waals surface area contributed by atoms with Crippen LogP contribution in [-0.4, -0.2) is 58.5 Å². The Labute approximate surface area is 257 Å². The van der Waals surface area contributed by atoms with E-state index in [1.54, 1.807) is 16.7 Å². The smallest absolute Gasteiger partial charge is 0.328 e. The summed E-state index contributed by atoms with van der Waals surface area (Å²) in [5.74, 6) is 0.391. The molecule has 1 amide bonds.